The van der Waals surface area contributed by atoms with Gasteiger partial charge < -0.3 is 9.47 Å². The van der Waals surface area contributed by atoms with Gasteiger partial charge in [-0.2, -0.15) is 0 Å². The summed E-state index contributed by atoms with van der Waals surface area (Å²) in [7, 11) is 0. The smallest absolute Gasteiger partial charge is 0.273 e. The first-order chi connectivity index (χ1) is 13.6. The fourth-order valence-corrected chi connectivity index (χ4v) is 2.39. The maximum absolute atomic E-state index is 12.4. The molecule has 2 aromatic rings. The first-order valence-electron chi connectivity index (χ1n) is 8.53. The number of amides is 2. The van der Waals surface area contributed by atoms with Crippen molar-refractivity contribution in [2.75, 3.05) is 13.2 Å². The van der Waals surface area contributed by atoms with E-state index in [-0.39, 0.29) is 11.7 Å². The van der Waals surface area contributed by atoms with Crippen LogP contribution in [0.3, 0.4) is 0 Å². The highest BCUT2D eigenvalue weighted by atomic mass is 32.1. The Kier molecular flexibility index (Phi) is 7.98. The number of ether oxygens (including phenoxy) is 2. The molecule has 2 rings (SSSR count). The lowest BCUT2D eigenvalue weighted by atomic mass is 10.2. The quantitative estimate of drug-likeness (QED) is 0.377. The molecule has 2 aromatic carbocycles. The summed E-state index contributed by atoms with van der Waals surface area (Å²) in [6, 6.07) is 13.5. The molecular formula is C20H21N3O4S. The Morgan fingerprint density at radius 3 is 2.14 bits per heavy atom. The van der Waals surface area contributed by atoms with Crippen molar-refractivity contribution in [3.05, 3.63) is 72.3 Å². The van der Waals surface area contributed by atoms with Crippen molar-refractivity contribution in [2.24, 2.45) is 0 Å². The van der Waals surface area contributed by atoms with Crippen molar-refractivity contribution < 1.29 is 19.1 Å². The van der Waals surface area contributed by atoms with Crippen molar-refractivity contribution in [3.63, 3.8) is 0 Å². The normalized spacial score (nSPS) is 9.75. The van der Waals surface area contributed by atoms with E-state index in [1.165, 1.54) is 0 Å². The van der Waals surface area contributed by atoms with E-state index in [1.54, 1.807) is 54.6 Å². The van der Waals surface area contributed by atoms with E-state index in [9.17, 15) is 9.59 Å². The fraction of sp³-hybridized carbons (Fsp3) is 0.150. The number of para-hydroxylation sites is 2. The Hall–Kier alpha value is -3.39. The molecule has 3 N–H and O–H groups in total. The molecule has 0 aliphatic rings. The van der Waals surface area contributed by atoms with E-state index in [4.69, 9.17) is 21.7 Å². The molecule has 0 saturated carbocycles. The van der Waals surface area contributed by atoms with Gasteiger partial charge in [0.25, 0.3) is 11.8 Å². The van der Waals surface area contributed by atoms with Crippen molar-refractivity contribution in [1.82, 2.24) is 16.2 Å². The van der Waals surface area contributed by atoms with Gasteiger partial charge in [0, 0.05) is 0 Å². The highest BCUT2D eigenvalue weighted by Crippen LogP contribution is 2.18. The number of nitrogens with one attached hydrogen (secondary N) is 3. The van der Waals surface area contributed by atoms with Gasteiger partial charge in [-0.05, 0) is 43.4 Å². The number of carbonyl (C=O) groups is 2. The molecule has 0 unspecified atom stereocenters. The molecule has 0 saturated heterocycles. The number of benzene rings is 2. The predicted octanol–water partition coefficient (Wildman–Crippen LogP) is 2.60. The van der Waals surface area contributed by atoms with Crippen LogP contribution in [0.4, 0.5) is 0 Å². The molecular weight excluding hydrogens is 378 g/mol. The molecule has 7 nitrogen and oxygen atoms in total. The third-order valence-electron chi connectivity index (χ3n) is 3.44. The summed E-state index contributed by atoms with van der Waals surface area (Å²) in [6.07, 6.45) is 1.58. The van der Waals surface area contributed by atoms with Gasteiger partial charge in [0.15, 0.2) is 5.11 Å². The van der Waals surface area contributed by atoms with Crippen molar-refractivity contribution in [1.29, 1.82) is 0 Å². The minimum absolute atomic E-state index is 0.0610. The van der Waals surface area contributed by atoms with Gasteiger partial charge in [-0.1, -0.05) is 36.9 Å². The zero-order valence-electron chi connectivity index (χ0n) is 15.4. The summed E-state index contributed by atoms with van der Waals surface area (Å²) in [5.41, 5.74) is 5.58. The minimum Gasteiger partial charge on any atom is -0.493 e. The summed E-state index contributed by atoms with van der Waals surface area (Å²) in [6.45, 7) is 6.10. The number of hydrogen-bond donors (Lipinski definition) is 3. The van der Waals surface area contributed by atoms with Gasteiger partial charge in [0.1, 0.15) is 18.1 Å². The van der Waals surface area contributed by atoms with E-state index in [2.05, 4.69) is 22.7 Å². The van der Waals surface area contributed by atoms with Crippen LogP contribution in [0, 0.1) is 0 Å². The van der Waals surface area contributed by atoms with E-state index < -0.39 is 11.8 Å². The number of thiocarbonyl (C=S) groups is 1. The van der Waals surface area contributed by atoms with Gasteiger partial charge in [0.2, 0.25) is 0 Å². The van der Waals surface area contributed by atoms with Crippen LogP contribution in [-0.2, 0) is 0 Å². The Bertz CT molecular complexity index is 870. The average Bonchev–Trinajstić information content (AvgIpc) is 2.71. The lowest BCUT2D eigenvalue weighted by molar-refractivity contribution is 0.0930. The molecule has 0 aliphatic carbocycles. The van der Waals surface area contributed by atoms with Gasteiger partial charge >= 0.3 is 0 Å². The Morgan fingerprint density at radius 1 is 0.964 bits per heavy atom. The maximum Gasteiger partial charge on any atom is 0.273 e. The largest absolute Gasteiger partial charge is 0.493 e. The molecule has 0 fully saturated rings. The number of hydrazine groups is 1. The average molecular weight is 399 g/mol. The van der Waals surface area contributed by atoms with Crippen LogP contribution in [0.25, 0.3) is 0 Å². The van der Waals surface area contributed by atoms with Crippen molar-refractivity contribution in [3.8, 4) is 11.5 Å². The molecule has 28 heavy (non-hydrogen) atoms. The zero-order chi connectivity index (χ0) is 20.4. The Morgan fingerprint density at radius 2 is 1.54 bits per heavy atom. The predicted molar refractivity (Wildman–Crippen MR) is 110 cm³/mol. The van der Waals surface area contributed by atoms with Crippen LogP contribution in [0.15, 0.2) is 61.2 Å². The van der Waals surface area contributed by atoms with Crippen LogP contribution in [0.1, 0.15) is 27.6 Å². The number of hydrogen-bond acceptors (Lipinski definition) is 5. The lowest BCUT2D eigenvalue weighted by Crippen LogP contribution is -2.48. The second-order valence-electron chi connectivity index (χ2n) is 5.39. The van der Waals surface area contributed by atoms with Crippen LogP contribution in [0.2, 0.25) is 0 Å². The minimum atomic E-state index is -0.467. The Labute approximate surface area is 168 Å². The van der Waals surface area contributed by atoms with Crippen LogP contribution in [-0.4, -0.2) is 30.1 Å². The molecule has 2 amide bonds. The maximum atomic E-state index is 12.4. The summed E-state index contributed by atoms with van der Waals surface area (Å²) >= 11 is 5.07. The number of rotatable bonds is 7. The highest BCUT2D eigenvalue weighted by molar-refractivity contribution is 7.80. The lowest BCUT2D eigenvalue weighted by Gasteiger charge is -2.14. The first kappa shape index (κ1) is 20.9. The van der Waals surface area contributed by atoms with E-state index in [0.29, 0.717) is 29.2 Å². The summed E-state index contributed by atoms with van der Waals surface area (Å²) in [5.74, 6) is -0.0681. The van der Waals surface area contributed by atoms with Gasteiger partial charge in [-0.25, -0.2) is 0 Å². The van der Waals surface area contributed by atoms with E-state index >= 15 is 0 Å². The van der Waals surface area contributed by atoms with Crippen LogP contribution >= 0.6 is 12.2 Å². The fourth-order valence-electron chi connectivity index (χ4n) is 2.25. The van der Waals surface area contributed by atoms with Crippen LogP contribution in [0.5, 0.6) is 11.5 Å². The zero-order valence-corrected chi connectivity index (χ0v) is 16.2. The summed E-state index contributed by atoms with van der Waals surface area (Å²) in [5, 5.41) is 2.43. The molecule has 146 valence electrons. The van der Waals surface area contributed by atoms with Crippen LogP contribution < -0.4 is 25.6 Å². The van der Waals surface area contributed by atoms with Crippen molar-refractivity contribution in [2.45, 2.75) is 6.92 Å². The van der Waals surface area contributed by atoms with Gasteiger partial charge in [-0.3, -0.25) is 25.8 Å². The second kappa shape index (κ2) is 10.7. The standard InChI is InChI=1S/C20H21N3O4S/c1-3-13-27-17-12-8-6-10-15(17)19(25)22-23-20(28)21-18(24)14-9-5-7-11-16(14)26-4-2/h3,5-12H,1,4,13H2,2H3,(H,22,25)(H2,21,23,24,28). The SMILES string of the molecule is C=CCOc1ccccc1C(=O)NNC(=S)NC(=O)c1ccccc1OCC. The molecule has 8 heteroatoms. The topological polar surface area (TPSA) is 88.7 Å². The van der Waals surface area contributed by atoms with Gasteiger partial charge in [0.05, 0.1) is 17.7 Å². The van der Waals surface area contributed by atoms with Gasteiger partial charge in [-0.15, -0.1) is 0 Å². The molecule has 0 heterocycles. The molecule has 0 atom stereocenters. The first-order valence-corrected chi connectivity index (χ1v) is 8.93. The molecule has 0 aliphatic heterocycles. The monoisotopic (exact) mass is 399 g/mol. The molecule has 0 radical (unpaired) electrons. The third-order valence-corrected chi connectivity index (χ3v) is 3.64. The van der Waals surface area contributed by atoms with E-state index in [0.717, 1.165) is 0 Å². The molecule has 0 bridgehead atoms. The third kappa shape index (κ3) is 5.82. The van der Waals surface area contributed by atoms with E-state index in [1.807, 2.05) is 6.92 Å². The van der Waals surface area contributed by atoms with Crippen molar-refractivity contribution >= 4 is 29.1 Å². The highest BCUT2D eigenvalue weighted by Gasteiger charge is 2.15. The molecule has 0 aromatic heterocycles. The Balaban J connectivity index is 1.95. The number of carbonyl (C=O) groups excluding carboxylic acids is 2. The second-order valence-corrected chi connectivity index (χ2v) is 5.80. The summed E-state index contributed by atoms with van der Waals surface area (Å²) < 4.78 is 10.9. The molecule has 0 spiro atoms. The summed E-state index contributed by atoms with van der Waals surface area (Å²) in [4.78, 5) is 24.7.